The largest absolute Gasteiger partial charge is 0.452 e. The van der Waals surface area contributed by atoms with Crippen molar-refractivity contribution in [3.63, 3.8) is 0 Å². The fourth-order valence-electron chi connectivity index (χ4n) is 3.60. The Bertz CT molecular complexity index is 1260. The third-order valence-electron chi connectivity index (χ3n) is 5.27. The van der Waals surface area contributed by atoms with E-state index in [1.54, 1.807) is 31.2 Å². The van der Waals surface area contributed by atoms with E-state index in [1.165, 1.54) is 23.1 Å². The van der Waals surface area contributed by atoms with Crippen LogP contribution in [0.4, 0.5) is 5.69 Å². The average molecular weight is 463 g/mol. The first-order chi connectivity index (χ1) is 15.8. The molecule has 166 valence electrons. The zero-order valence-corrected chi connectivity index (χ0v) is 18.3. The van der Waals surface area contributed by atoms with Crippen molar-refractivity contribution in [3.8, 4) is 0 Å². The lowest BCUT2D eigenvalue weighted by molar-refractivity contribution is -0.119. The van der Waals surface area contributed by atoms with E-state index in [2.05, 4.69) is 5.32 Å². The smallest absolute Gasteiger partial charge is 0.338 e. The number of fused-ring (bicyclic) bond motifs is 1. The summed E-state index contributed by atoms with van der Waals surface area (Å²) in [5.74, 6) is -2.23. The minimum absolute atomic E-state index is 0.0691. The zero-order chi connectivity index (χ0) is 23.5. The van der Waals surface area contributed by atoms with Crippen molar-refractivity contribution >= 4 is 41.0 Å². The van der Waals surface area contributed by atoms with E-state index < -0.39 is 36.3 Å². The number of nitrogens with zero attached hydrogens (tertiary/aromatic N) is 1. The van der Waals surface area contributed by atoms with Crippen molar-refractivity contribution in [2.45, 2.75) is 13.0 Å². The predicted molar refractivity (Wildman–Crippen MR) is 122 cm³/mol. The van der Waals surface area contributed by atoms with Crippen LogP contribution in [0.2, 0.25) is 5.02 Å². The quantitative estimate of drug-likeness (QED) is 0.430. The number of esters is 1. The van der Waals surface area contributed by atoms with Gasteiger partial charge >= 0.3 is 5.97 Å². The van der Waals surface area contributed by atoms with Crippen molar-refractivity contribution < 1.29 is 23.9 Å². The molecule has 0 aromatic heterocycles. The summed E-state index contributed by atoms with van der Waals surface area (Å²) in [6.07, 6.45) is 0. The molecule has 1 aliphatic heterocycles. The molecule has 0 saturated heterocycles. The van der Waals surface area contributed by atoms with Gasteiger partial charge in [-0.2, -0.15) is 0 Å². The second kappa shape index (κ2) is 9.26. The van der Waals surface area contributed by atoms with Gasteiger partial charge in [0.1, 0.15) is 0 Å². The van der Waals surface area contributed by atoms with Gasteiger partial charge in [0.15, 0.2) is 6.61 Å². The highest BCUT2D eigenvalue weighted by molar-refractivity contribution is 6.30. The van der Waals surface area contributed by atoms with Gasteiger partial charge in [-0.1, -0.05) is 48.0 Å². The van der Waals surface area contributed by atoms with Crippen LogP contribution in [0.5, 0.6) is 0 Å². The molecule has 0 bridgehead atoms. The number of hydrogen-bond donors (Lipinski definition) is 1. The van der Waals surface area contributed by atoms with Crippen LogP contribution in [0.15, 0.2) is 72.8 Å². The van der Waals surface area contributed by atoms with Crippen molar-refractivity contribution in [2.75, 3.05) is 11.9 Å². The van der Waals surface area contributed by atoms with Gasteiger partial charge in [-0.05, 0) is 48.9 Å². The number of rotatable bonds is 6. The molecule has 0 fully saturated rings. The molecule has 1 aliphatic rings. The number of halogens is 1. The Morgan fingerprint density at radius 3 is 2.39 bits per heavy atom. The lowest BCUT2D eigenvalue weighted by Crippen LogP contribution is -2.32. The Kier molecular flexibility index (Phi) is 6.24. The Morgan fingerprint density at radius 2 is 1.67 bits per heavy atom. The van der Waals surface area contributed by atoms with E-state index in [1.807, 2.05) is 30.3 Å². The molecule has 1 N–H and O–H groups in total. The van der Waals surface area contributed by atoms with Gasteiger partial charge in [0, 0.05) is 10.7 Å². The van der Waals surface area contributed by atoms with Gasteiger partial charge in [-0.25, -0.2) is 4.79 Å². The molecule has 8 heteroatoms. The van der Waals surface area contributed by atoms with E-state index in [-0.39, 0.29) is 16.7 Å². The topological polar surface area (TPSA) is 92.8 Å². The van der Waals surface area contributed by atoms with Crippen LogP contribution >= 0.6 is 11.6 Å². The van der Waals surface area contributed by atoms with E-state index >= 15 is 0 Å². The third-order valence-corrected chi connectivity index (χ3v) is 5.50. The summed E-state index contributed by atoms with van der Waals surface area (Å²) < 4.78 is 5.06. The van der Waals surface area contributed by atoms with E-state index in [0.717, 1.165) is 5.56 Å². The van der Waals surface area contributed by atoms with Gasteiger partial charge in [0.05, 0.1) is 22.7 Å². The minimum Gasteiger partial charge on any atom is -0.452 e. The molecule has 4 rings (SSSR count). The molecule has 3 aromatic carbocycles. The van der Waals surface area contributed by atoms with Crippen LogP contribution in [-0.2, 0) is 9.53 Å². The van der Waals surface area contributed by atoms with Crippen molar-refractivity contribution in [2.24, 2.45) is 0 Å². The zero-order valence-electron chi connectivity index (χ0n) is 17.6. The molecule has 0 aliphatic carbocycles. The predicted octanol–water partition coefficient (Wildman–Crippen LogP) is 4.49. The van der Waals surface area contributed by atoms with Gasteiger partial charge in [-0.3, -0.25) is 19.3 Å². The molecule has 0 radical (unpaired) electrons. The monoisotopic (exact) mass is 462 g/mol. The summed E-state index contributed by atoms with van der Waals surface area (Å²) in [6.45, 7) is 1.25. The molecule has 7 nitrogen and oxygen atoms in total. The van der Waals surface area contributed by atoms with E-state index in [9.17, 15) is 19.2 Å². The number of imide groups is 1. The van der Waals surface area contributed by atoms with Crippen LogP contribution in [0.25, 0.3) is 0 Å². The third kappa shape index (κ3) is 4.63. The summed E-state index contributed by atoms with van der Waals surface area (Å²) in [6, 6.07) is 19.4. The van der Waals surface area contributed by atoms with Crippen molar-refractivity contribution in [3.05, 3.63) is 100 Å². The highest BCUT2D eigenvalue weighted by Crippen LogP contribution is 2.31. The van der Waals surface area contributed by atoms with Crippen molar-refractivity contribution in [1.29, 1.82) is 0 Å². The van der Waals surface area contributed by atoms with E-state index in [4.69, 9.17) is 16.3 Å². The highest BCUT2D eigenvalue weighted by Gasteiger charge is 2.39. The normalized spacial score (nSPS) is 13.5. The minimum atomic E-state index is -0.783. The number of anilines is 1. The summed E-state index contributed by atoms with van der Waals surface area (Å²) in [7, 11) is 0. The summed E-state index contributed by atoms with van der Waals surface area (Å²) in [5.41, 5.74) is 1.70. The lowest BCUT2D eigenvalue weighted by atomic mass is 10.1. The molecule has 3 aromatic rings. The summed E-state index contributed by atoms with van der Waals surface area (Å²) in [5, 5.41) is 3.03. The Labute approximate surface area is 194 Å². The number of amides is 3. The first-order valence-electron chi connectivity index (χ1n) is 10.1. The molecule has 1 atom stereocenters. The number of benzene rings is 3. The van der Waals surface area contributed by atoms with E-state index in [0.29, 0.717) is 10.7 Å². The summed E-state index contributed by atoms with van der Waals surface area (Å²) >= 11 is 5.88. The van der Waals surface area contributed by atoms with Crippen molar-refractivity contribution in [1.82, 2.24) is 4.90 Å². The second-order valence-corrected chi connectivity index (χ2v) is 7.90. The van der Waals surface area contributed by atoms with Gasteiger partial charge in [0.25, 0.3) is 17.7 Å². The Balaban J connectivity index is 1.44. The standard InChI is InChI=1S/C25H19ClN2O5/c1-15(16-6-3-2-4-7-16)28-23(30)20-11-10-17(12-21(20)24(28)31)25(32)33-14-22(29)27-19-9-5-8-18(26)13-19/h2-13,15H,14H2,1H3,(H,27,29)/t15-/m1/s1. The number of hydrogen-bond acceptors (Lipinski definition) is 5. The Morgan fingerprint density at radius 1 is 0.939 bits per heavy atom. The van der Waals surface area contributed by atoms with Gasteiger partial charge in [-0.15, -0.1) is 0 Å². The van der Waals surface area contributed by atoms with Gasteiger partial charge < -0.3 is 10.1 Å². The van der Waals surface area contributed by atoms with Crippen LogP contribution in [0.3, 0.4) is 0 Å². The molecular weight excluding hydrogens is 444 g/mol. The fraction of sp³-hybridized carbons (Fsp3) is 0.120. The number of nitrogens with one attached hydrogen (secondary N) is 1. The maximum Gasteiger partial charge on any atom is 0.338 e. The van der Waals surface area contributed by atoms with Crippen LogP contribution in [0.1, 0.15) is 49.6 Å². The Hall–Kier alpha value is -3.97. The van der Waals surface area contributed by atoms with Crippen LogP contribution in [0, 0.1) is 0 Å². The first kappa shape index (κ1) is 22.2. The highest BCUT2D eigenvalue weighted by atomic mass is 35.5. The average Bonchev–Trinajstić information content (AvgIpc) is 3.07. The number of ether oxygens (including phenoxy) is 1. The lowest BCUT2D eigenvalue weighted by Gasteiger charge is -2.22. The molecular formula is C25H19ClN2O5. The number of carbonyl (C=O) groups is 4. The second-order valence-electron chi connectivity index (χ2n) is 7.46. The number of carbonyl (C=O) groups excluding carboxylic acids is 4. The summed E-state index contributed by atoms with van der Waals surface area (Å²) in [4.78, 5) is 51.5. The maximum absolute atomic E-state index is 13.0. The molecule has 0 saturated carbocycles. The molecule has 0 unspecified atom stereocenters. The molecule has 1 heterocycles. The first-order valence-corrected chi connectivity index (χ1v) is 10.5. The maximum atomic E-state index is 13.0. The SMILES string of the molecule is C[C@H](c1ccccc1)N1C(=O)c2ccc(C(=O)OCC(=O)Nc3cccc(Cl)c3)cc2C1=O. The van der Waals surface area contributed by atoms with Crippen LogP contribution < -0.4 is 5.32 Å². The molecule has 0 spiro atoms. The van der Waals surface area contributed by atoms with Crippen LogP contribution in [-0.4, -0.2) is 35.2 Å². The molecule has 33 heavy (non-hydrogen) atoms. The fourth-order valence-corrected chi connectivity index (χ4v) is 3.79. The molecule has 3 amide bonds. The van der Waals surface area contributed by atoms with Gasteiger partial charge in [0.2, 0.25) is 0 Å².